The minimum atomic E-state index is -1.32. The first-order valence-electron chi connectivity index (χ1n) is 6.01. The molecule has 1 aromatic carbocycles. The van der Waals surface area contributed by atoms with Gasteiger partial charge in [0, 0.05) is 28.6 Å². The van der Waals surface area contributed by atoms with Gasteiger partial charge in [0.15, 0.2) is 6.10 Å². The quantitative estimate of drug-likeness (QED) is 0.892. The molecule has 2 rings (SSSR count). The van der Waals surface area contributed by atoms with Gasteiger partial charge in [-0.1, -0.05) is 29.3 Å². The Morgan fingerprint density at radius 1 is 1.35 bits per heavy atom. The molecule has 2 aromatic rings. The Kier molecular flexibility index (Phi) is 5.06. The Hall–Kier alpha value is -1.49. The largest absolute Gasteiger partial charge is 0.469 e. The maximum Gasteiger partial charge on any atom is 0.253 e. The summed E-state index contributed by atoms with van der Waals surface area (Å²) in [6.07, 6.45) is 0.801. The predicted octanol–water partition coefficient (Wildman–Crippen LogP) is 2.98. The van der Waals surface area contributed by atoms with Gasteiger partial charge in [0.05, 0.1) is 6.26 Å². The molecule has 0 aliphatic rings. The lowest BCUT2D eigenvalue weighted by Crippen LogP contribution is -2.31. The smallest absolute Gasteiger partial charge is 0.253 e. The lowest BCUT2D eigenvalue weighted by Gasteiger charge is -2.13. The Bertz CT molecular complexity index is 584. The van der Waals surface area contributed by atoms with E-state index in [-0.39, 0.29) is 5.02 Å². The van der Waals surface area contributed by atoms with Crippen molar-refractivity contribution in [3.8, 4) is 0 Å². The second kappa shape index (κ2) is 6.79. The van der Waals surface area contributed by atoms with E-state index in [1.165, 1.54) is 12.1 Å². The van der Waals surface area contributed by atoms with E-state index >= 15 is 0 Å². The fraction of sp³-hybridized carbons (Fsp3) is 0.214. The molecule has 0 bridgehead atoms. The molecule has 0 aliphatic carbocycles. The van der Waals surface area contributed by atoms with Crippen LogP contribution in [0, 0.1) is 0 Å². The second-order valence-corrected chi connectivity index (χ2v) is 5.03. The summed E-state index contributed by atoms with van der Waals surface area (Å²) in [5, 5.41) is 13.3. The number of carbonyl (C=O) groups excluding carboxylic acids is 1. The van der Waals surface area contributed by atoms with Gasteiger partial charge >= 0.3 is 0 Å². The van der Waals surface area contributed by atoms with Crippen LogP contribution in [0.3, 0.4) is 0 Å². The molecule has 1 atom stereocenters. The molecule has 0 saturated heterocycles. The third kappa shape index (κ3) is 3.76. The number of hydrogen-bond donors (Lipinski definition) is 2. The van der Waals surface area contributed by atoms with Crippen molar-refractivity contribution in [3.63, 3.8) is 0 Å². The molecule has 0 fully saturated rings. The van der Waals surface area contributed by atoms with E-state index in [1.54, 1.807) is 18.4 Å². The number of aliphatic hydroxyl groups excluding tert-OH is 1. The minimum Gasteiger partial charge on any atom is -0.469 e. The minimum absolute atomic E-state index is 0.256. The van der Waals surface area contributed by atoms with Gasteiger partial charge in [-0.25, -0.2) is 0 Å². The number of amides is 1. The van der Waals surface area contributed by atoms with Crippen molar-refractivity contribution in [1.82, 2.24) is 5.32 Å². The highest BCUT2D eigenvalue weighted by molar-refractivity contribution is 6.35. The Morgan fingerprint density at radius 2 is 2.15 bits per heavy atom. The molecule has 0 radical (unpaired) electrons. The first-order chi connectivity index (χ1) is 9.58. The van der Waals surface area contributed by atoms with Gasteiger partial charge in [0.25, 0.3) is 5.91 Å². The Morgan fingerprint density at radius 3 is 2.80 bits per heavy atom. The Balaban J connectivity index is 1.91. The van der Waals surface area contributed by atoms with Crippen molar-refractivity contribution in [3.05, 3.63) is 58.0 Å². The van der Waals surface area contributed by atoms with E-state index in [2.05, 4.69) is 5.32 Å². The van der Waals surface area contributed by atoms with Crippen LogP contribution in [0.1, 0.15) is 17.4 Å². The van der Waals surface area contributed by atoms with Crippen LogP contribution in [0.4, 0.5) is 0 Å². The first kappa shape index (κ1) is 14.9. The maximum atomic E-state index is 11.8. The van der Waals surface area contributed by atoms with Crippen LogP contribution in [0.15, 0.2) is 41.0 Å². The van der Waals surface area contributed by atoms with Crippen molar-refractivity contribution in [2.45, 2.75) is 12.5 Å². The lowest BCUT2D eigenvalue weighted by molar-refractivity contribution is -0.129. The van der Waals surface area contributed by atoms with Gasteiger partial charge in [-0.15, -0.1) is 0 Å². The molecule has 0 saturated carbocycles. The topological polar surface area (TPSA) is 62.5 Å². The number of rotatable bonds is 5. The molecule has 2 N–H and O–H groups in total. The number of aliphatic hydroxyl groups is 1. The lowest BCUT2D eigenvalue weighted by atomic mass is 10.1. The standard InChI is InChI=1S/C14H13Cl2NO3/c15-9-3-4-11(12(16)8-9)13(18)14(19)17-6-5-10-2-1-7-20-10/h1-4,7-8,13,18H,5-6H2,(H,17,19). The summed E-state index contributed by atoms with van der Waals surface area (Å²) in [6, 6.07) is 8.18. The first-order valence-corrected chi connectivity index (χ1v) is 6.76. The number of furan rings is 1. The van der Waals surface area contributed by atoms with Gasteiger partial charge in [0.1, 0.15) is 5.76 Å². The van der Waals surface area contributed by atoms with Crippen molar-refractivity contribution >= 4 is 29.1 Å². The molecule has 0 spiro atoms. The summed E-state index contributed by atoms with van der Waals surface area (Å²) in [6.45, 7) is 0.370. The van der Waals surface area contributed by atoms with Crippen LogP contribution >= 0.6 is 23.2 Å². The number of halogens is 2. The summed E-state index contributed by atoms with van der Waals surface area (Å²) in [5.41, 5.74) is 0.326. The highest BCUT2D eigenvalue weighted by Gasteiger charge is 2.19. The van der Waals surface area contributed by atoms with Crippen LogP contribution in [0.2, 0.25) is 10.0 Å². The highest BCUT2D eigenvalue weighted by atomic mass is 35.5. The van der Waals surface area contributed by atoms with Crippen LogP contribution in [-0.4, -0.2) is 17.6 Å². The molecular weight excluding hydrogens is 301 g/mol. The van der Waals surface area contributed by atoms with E-state index in [0.29, 0.717) is 23.6 Å². The van der Waals surface area contributed by atoms with Crippen molar-refractivity contribution in [2.75, 3.05) is 6.54 Å². The predicted molar refractivity (Wildman–Crippen MR) is 76.8 cm³/mol. The molecular formula is C14H13Cl2NO3. The molecule has 1 unspecified atom stereocenters. The van der Waals surface area contributed by atoms with Crippen LogP contribution in [0.5, 0.6) is 0 Å². The van der Waals surface area contributed by atoms with E-state index < -0.39 is 12.0 Å². The maximum absolute atomic E-state index is 11.8. The molecule has 20 heavy (non-hydrogen) atoms. The van der Waals surface area contributed by atoms with Gasteiger partial charge < -0.3 is 14.8 Å². The SMILES string of the molecule is O=C(NCCc1ccco1)C(O)c1ccc(Cl)cc1Cl. The summed E-state index contributed by atoms with van der Waals surface area (Å²) in [5.74, 6) is 0.255. The Labute approximate surface area is 126 Å². The summed E-state index contributed by atoms with van der Waals surface area (Å²) in [4.78, 5) is 11.8. The van der Waals surface area contributed by atoms with E-state index in [4.69, 9.17) is 27.6 Å². The molecule has 6 heteroatoms. The molecule has 1 amide bonds. The number of carbonyl (C=O) groups is 1. The average Bonchev–Trinajstić information content (AvgIpc) is 2.91. The van der Waals surface area contributed by atoms with Gasteiger partial charge in [-0.2, -0.15) is 0 Å². The monoisotopic (exact) mass is 313 g/mol. The van der Waals surface area contributed by atoms with E-state index in [1.807, 2.05) is 6.07 Å². The summed E-state index contributed by atoms with van der Waals surface area (Å²) >= 11 is 11.7. The number of nitrogens with one attached hydrogen (secondary N) is 1. The van der Waals surface area contributed by atoms with Crippen molar-refractivity contribution in [2.24, 2.45) is 0 Å². The number of hydrogen-bond acceptors (Lipinski definition) is 3. The summed E-state index contributed by atoms with van der Waals surface area (Å²) in [7, 11) is 0. The van der Waals surface area contributed by atoms with E-state index in [0.717, 1.165) is 5.76 Å². The van der Waals surface area contributed by atoms with Crippen LogP contribution in [-0.2, 0) is 11.2 Å². The van der Waals surface area contributed by atoms with Crippen LogP contribution < -0.4 is 5.32 Å². The molecule has 106 valence electrons. The zero-order valence-corrected chi connectivity index (χ0v) is 12.0. The molecule has 4 nitrogen and oxygen atoms in total. The summed E-state index contributed by atoms with van der Waals surface area (Å²) < 4.78 is 5.14. The van der Waals surface area contributed by atoms with Gasteiger partial charge in [-0.05, 0) is 24.3 Å². The fourth-order valence-corrected chi connectivity index (χ4v) is 2.24. The van der Waals surface area contributed by atoms with Crippen LogP contribution in [0.25, 0.3) is 0 Å². The van der Waals surface area contributed by atoms with Gasteiger partial charge in [-0.3, -0.25) is 4.79 Å². The zero-order valence-electron chi connectivity index (χ0n) is 10.5. The average molecular weight is 314 g/mol. The third-order valence-corrected chi connectivity index (χ3v) is 3.32. The second-order valence-electron chi connectivity index (χ2n) is 4.19. The fourth-order valence-electron chi connectivity index (χ4n) is 1.72. The molecule has 0 aliphatic heterocycles. The van der Waals surface area contributed by atoms with Crippen molar-refractivity contribution in [1.29, 1.82) is 0 Å². The number of benzene rings is 1. The van der Waals surface area contributed by atoms with Gasteiger partial charge in [0.2, 0.25) is 0 Å². The van der Waals surface area contributed by atoms with E-state index in [9.17, 15) is 9.90 Å². The molecule has 1 aromatic heterocycles. The van der Waals surface area contributed by atoms with Crippen molar-refractivity contribution < 1.29 is 14.3 Å². The zero-order chi connectivity index (χ0) is 14.5. The normalized spacial score (nSPS) is 12.2. The highest BCUT2D eigenvalue weighted by Crippen LogP contribution is 2.26. The third-order valence-electron chi connectivity index (χ3n) is 2.76. The molecule has 1 heterocycles.